The highest BCUT2D eigenvalue weighted by atomic mass is 16.2. The van der Waals surface area contributed by atoms with Gasteiger partial charge >= 0.3 is 0 Å². The lowest BCUT2D eigenvalue weighted by molar-refractivity contribution is -0.118. The van der Waals surface area contributed by atoms with E-state index in [-0.39, 0.29) is 11.8 Å². The van der Waals surface area contributed by atoms with Crippen LogP contribution in [0.5, 0.6) is 0 Å². The molecule has 0 aliphatic carbocycles. The standard InChI is InChI=1S/C16H23N3O2/c1-12-6-3-4-9-19(12)11-15(20)18-14-8-5-7-13(10-14)16(21)17-2/h5,7-8,10,12H,3-4,6,9,11H2,1-2H3,(H,17,21)(H,18,20)/t12-/m0/s1. The summed E-state index contributed by atoms with van der Waals surface area (Å²) in [4.78, 5) is 25.9. The van der Waals surface area contributed by atoms with Crippen molar-refractivity contribution in [3.63, 3.8) is 0 Å². The van der Waals surface area contributed by atoms with Gasteiger partial charge in [0, 0.05) is 24.3 Å². The Kier molecular flexibility index (Phi) is 5.33. The molecule has 2 rings (SSSR count). The van der Waals surface area contributed by atoms with Gasteiger partial charge in [0.1, 0.15) is 0 Å². The summed E-state index contributed by atoms with van der Waals surface area (Å²) in [6, 6.07) is 7.44. The molecule has 5 heteroatoms. The average molecular weight is 289 g/mol. The van der Waals surface area contributed by atoms with Crippen LogP contribution in [0.2, 0.25) is 0 Å². The maximum atomic E-state index is 12.1. The number of amides is 2. The molecule has 1 fully saturated rings. The van der Waals surface area contributed by atoms with Crippen LogP contribution in [0.4, 0.5) is 5.69 Å². The first-order valence-corrected chi connectivity index (χ1v) is 7.46. The lowest BCUT2D eigenvalue weighted by Crippen LogP contribution is -2.42. The molecule has 1 aliphatic heterocycles. The fourth-order valence-electron chi connectivity index (χ4n) is 2.66. The number of anilines is 1. The van der Waals surface area contributed by atoms with Gasteiger partial charge in [-0.3, -0.25) is 14.5 Å². The van der Waals surface area contributed by atoms with Crippen LogP contribution in [0.3, 0.4) is 0 Å². The van der Waals surface area contributed by atoms with Crippen LogP contribution in [-0.2, 0) is 4.79 Å². The van der Waals surface area contributed by atoms with Gasteiger partial charge in [0.05, 0.1) is 6.54 Å². The van der Waals surface area contributed by atoms with E-state index in [1.807, 2.05) is 0 Å². The van der Waals surface area contributed by atoms with E-state index in [4.69, 9.17) is 0 Å². The van der Waals surface area contributed by atoms with Gasteiger partial charge in [0.25, 0.3) is 5.91 Å². The van der Waals surface area contributed by atoms with E-state index >= 15 is 0 Å². The van der Waals surface area contributed by atoms with Gasteiger partial charge in [-0.2, -0.15) is 0 Å². The monoisotopic (exact) mass is 289 g/mol. The fraction of sp³-hybridized carbons (Fsp3) is 0.500. The highest BCUT2D eigenvalue weighted by molar-refractivity contribution is 5.97. The number of nitrogens with zero attached hydrogens (tertiary/aromatic N) is 1. The Morgan fingerprint density at radius 2 is 2.14 bits per heavy atom. The molecule has 2 N–H and O–H groups in total. The number of likely N-dealkylation sites (tertiary alicyclic amines) is 1. The van der Waals surface area contributed by atoms with E-state index in [1.54, 1.807) is 31.3 Å². The van der Waals surface area contributed by atoms with Crippen LogP contribution in [-0.4, -0.2) is 42.9 Å². The van der Waals surface area contributed by atoms with Crippen LogP contribution in [0, 0.1) is 0 Å². The second-order valence-corrected chi connectivity index (χ2v) is 5.52. The molecule has 2 amide bonds. The molecule has 114 valence electrons. The summed E-state index contributed by atoms with van der Waals surface area (Å²) in [5.74, 6) is -0.187. The predicted molar refractivity (Wildman–Crippen MR) is 83.3 cm³/mol. The van der Waals surface area contributed by atoms with Crippen molar-refractivity contribution in [2.24, 2.45) is 0 Å². The van der Waals surface area contributed by atoms with E-state index in [0.717, 1.165) is 19.4 Å². The Balaban J connectivity index is 1.94. The Bertz CT molecular complexity index is 516. The molecule has 1 saturated heterocycles. The summed E-state index contributed by atoms with van der Waals surface area (Å²) in [6.45, 7) is 3.55. The minimum Gasteiger partial charge on any atom is -0.355 e. The number of hydrogen-bond donors (Lipinski definition) is 2. The predicted octanol–water partition coefficient (Wildman–Crippen LogP) is 1.86. The van der Waals surface area contributed by atoms with Crippen LogP contribution >= 0.6 is 0 Å². The molecule has 0 unspecified atom stereocenters. The molecule has 0 aromatic heterocycles. The first kappa shape index (κ1) is 15.5. The zero-order valence-electron chi connectivity index (χ0n) is 12.7. The molecule has 0 radical (unpaired) electrons. The van der Waals surface area contributed by atoms with Crippen molar-refractivity contribution >= 4 is 17.5 Å². The van der Waals surface area contributed by atoms with E-state index in [2.05, 4.69) is 22.5 Å². The Morgan fingerprint density at radius 3 is 2.86 bits per heavy atom. The summed E-state index contributed by atoms with van der Waals surface area (Å²) in [6.07, 6.45) is 3.55. The summed E-state index contributed by atoms with van der Waals surface area (Å²) in [7, 11) is 1.59. The zero-order valence-corrected chi connectivity index (χ0v) is 12.7. The largest absolute Gasteiger partial charge is 0.355 e. The highest BCUT2D eigenvalue weighted by Gasteiger charge is 2.20. The SMILES string of the molecule is CNC(=O)c1cccc(NC(=O)CN2CCCC[C@@H]2C)c1. The molecule has 1 atom stereocenters. The van der Waals surface area contributed by atoms with Crippen molar-refractivity contribution in [3.8, 4) is 0 Å². The topological polar surface area (TPSA) is 61.4 Å². The van der Waals surface area contributed by atoms with Gasteiger partial charge in [-0.05, 0) is 44.5 Å². The van der Waals surface area contributed by atoms with E-state index in [0.29, 0.717) is 23.8 Å². The molecule has 1 aromatic rings. The third kappa shape index (κ3) is 4.29. The number of carbonyl (C=O) groups is 2. The molecule has 0 bridgehead atoms. The number of benzene rings is 1. The van der Waals surface area contributed by atoms with Crippen molar-refractivity contribution in [1.82, 2.24) is 10.2 Å². The van der Waals surface area contributed by atoms with Crippen molar-refractivity contribution in [3.05, 3.63) is 29.8 Å². The lowest BCUT2D eigenvalue weighted by atomic mass is 10.0. The highest BCUT2D eigenvalue weighted by Crippen LogP contribution is 2.16. The number of nitrogens with one attached hydrogen (secondary N) is 2. The smallest absolute Gasteiger partial charge is 0.251 e. The third-order valence-corrected chi connectivity index (χ3v) is 3.92. The fourth-order valence-corrected chi connectivity index (χ4v) is 2.66. The van der Waals surface area contributed by atoms with Gasteiger partial charge in [0.15, 0.2) is 0 Å². The van der Waals surface area contributed by atoms with Crippen LogP contribution in [0.25, 0.3) is 0 Å². The van der Waals surface area contributed by atoms with Gasteiger partial charge in [-0.1, -0.05) is 12.5 Å². The van der Waals surface area contributed by atoms with Gasteiger partial charge in [-0.25, -0.2) is 0 Å². The molecular formula is C16H23N3O2. The van der Waals surface area contributed by atoms with Gasteiger partial charge in [0.2, 0.25) is 5.91 Å². The van der Waals surface area contributed by atoms with Crippen LogP contribution in [0.15, 0.2) is 24.3 Å². The molecule has 5 nitrogen and oxygen atoms in total. The zero-order chi connectivity index (χ0) is 15.2. The lowest BCUT2D eigenvalue weighted by Gasteiger charge is -2.32. The minimum absolute atomic E-state index is 0.0298. The first-order valence-electron chi connectivity index (χ1n) is 7.46. The molecule has 1 heterocycles. The average Bonchev–Trinajstić information content (AvgIpc) is 2.49. The van der Waals surface area contributed by atoms with Gasteiger partial charge < -0.3 is 10.6 Å². The Hall–Kier alpha value is -1.88. The minimum atomic E-state index is -0.157. The quantitative estimate of drug-likeness (QED) is 0.889. The van der Waals surface area contributed by atoms with Crippen LogP contribution in [0.1, 0.15) is 36.5 Å². The molecule has 1 aliphatic rings. The second-order valence-electron chi connectivity index (χ2n) is 5.52. The van der Waals surface area contributed by atoms with Crippen molar-refractivity contribution in [2.45, 2.75) is 32.2 Å². The maximum absolute atomic E-state index is 12.1. The number of piperidine rings is 1. The summed E-state index contributed by atoms with van der Waals surface area (Å²) < 4.78 is 0. The van der Waals surface area contributed by atoms with Crippen molar-refractivity contribution in [1.29, 1.82) is 0 Å². The molecule has 1 aromatic carbocycles. The van der Waals surface area contributed by atoms with Crippen molar-refractivity contribution < 1.29 is 9.59 Å². The van der Waals surface area contributed by atoms with Crippen molar-refractivity contribution in [2.75, 3.05) is 25.5 Å². The second kappa shape index (κ2) is 7.22. The number of rotatable bonds is 4. The Morgan fingerprint density at radius 1 is 1.33 bits per heavy atom. The maximum Gasteiger partial charge on any atom is 0.251 e. The molecule has 0 spiro atoms. The molecular weight excluding hydrogens is 266 g/mol. The third-order valence-electron chi connectivity index (χ3n) is 3.92. The van der Waals surface area contributed by atoms with E-state index in [1.165, 1.54) is 6.42 Å². The summed E-state index contributed by atoms with van der Waals surface area (Å²) in [5, 5.41) is 5.44. The number of hydrogen-bond acceptors (Lipinski definition) is 3. The Labute approximate surface area is 125 Å². The summed E-state index contributed by atoms with van der Waals surface area (Å²) >= 11 is 0. The molecule has 21 heavy (non-hydrogen) atoms. The van der Waals surface area contributed by atoms with E-state index < -0.39 is 0 Å². The van der Waals surface area contributed by atoms with Gasteiger partial charge in [-0.15, -0.1) is 0 Å². The first-order chi connectivity index (χ1) is 10.1. The van der Waals surface area contributed by atoms with E-state index in [9.17, 15) is 9.59 Å². The normalized spacial score (nSPS) is 19.0. The molecule has 0 saturated carbocycles. The van der Waals surface area contributed by atoms with Crippen LogP contribution < -0.4 is 10.6 Å². The summed E-state index contributed by atoms with van der Waals surface area (Å²) in [5.41, 5.74) is 1.20. The number of carbonyl (C=O) groups excluding carboxylic acids is 2.